The zero-order chi connectivity index (χ0) is 7.28. The molecule has 0 aliphatic heterocycles. The molecule has 0 unspecified atom stereocenters. The van der Waals surface area contributed by atoms with Crippen molar-refractivity contribution in [2.75, 3.05) is 6.61 Å². The fourth-order valence-electron chi connectivity index (χ4n) is 0.370. The van der Waals surface area contributed by atoms with Gasteiger partial charge in [-0.2, -0.15) is 0 Å². The predicted octanol–water partition coefficient (Wildman–Crippen LogP) is 0.955. The molecule has 1 radical (unpaired) electrons. The summed E-state index contributed by atoms with van der Waals surface area (Å²) in [4.78, 5) is 10.5. The summed E-state index contributed by atoms with van der Waals surface area (Å²) < 4.78 is 4.49. The molecule has 53 valence electrons. The van der Waals surface area contributed by atoms with Crippen LogP contribution in [0.2, 0.25) is 0 Å². The number of amides is 1. The molecule has 0 aromatic heterocycles. The van der Waals surface area contributed by atoms with Crippen molar-refractivity contribution in [2.45, 2.75) is 19.9 Å². The lowest BCUT2D eigenvalue weighted by Gasteiger charge is -2.06. The van der Waals surface area contributed by atoms with Crippen molar-refractivity contribution in [3.8, 4) is 0 Å². The maximum Gasteiger partial charge on any atom is 0.407 e. The number of hydrogen-bond donors (Lipinski definition) is 1. The van der Waals surface area contributed by atoms with Crippen LogP contribution < -0.4 is 5.32 Å². The zero-order valence-electron chi connectivity index (χ0n) is 5.81. The van der Waals surface area contributed by atoms with Gasteiger partial charge in [0.25, 0.3) is 0 Å². The molecule has 3 nitrogen and oxygen atoms in total. The fraction of sp³-hybridized carbons (Fsp3) is 0.667. The van der Waals surface area contributed by atoms with Crippen molar-refractivity contribution >= 4 is 6.09 Å². The molecule has 1 N–H and O–H groups in total. The molecule has 1 amide bonds. The summed E-state index contributed by atoms with van der Waals surface area (Å²) in [6, 6.07) is 0.129. The molecule has 0 aromatic carbocycles. The van der Waals surface area contributed by atoms with Gasteiger partial charge in [-0.05, 0) is 20.8 Å². The van der Waals surface area contributed by atoms with Crippen LogP contribution in [0.15, 0.2) is 0 Å². The lowest BCUT2D eigenvalue weighted by molar-refractivity contribution is 0.155. The van der Waals surface area contributed by atoms with Gasteiger partial charge in [0.15, 0.2) is 0 Å². The largest absolute Gasteiger partial charge is 0.450 e. The smallest absolute Gasteiger partial charge is 0.407 e. The van der Waals surface area contributed by atoms with Crippen LogP contribution in [0.3, 0.4) is 0 Å². The molecule has 0 rings (SSSR count). The van der Waals surface area contributed by atoms with Gasteiger partial charge in [-0.1, -0.05) is 0 Å². The first-order chi connectivity index (χ1) is 4.16. The summed E-state index contributed by atoms with van der Waals surface area (Å²) in [5, 5.41) is 2.54. The number of carbonyl (C=O) groups excluding carboxylic acids is 1. The van der Waals surface area contributed by atoms with Gasteiger partial charge in [-0.25, -0.2) is 4.79 Å². The van der Waals surface area contributed by atoms with E-state index < -0.39 is 6.09 Å². The van der Waals surface area contributed by atoms with Gasteiger partial charge in [0.2, 0.25) is 0 Å². The number of ether oxygens (including phenoxy) is 1. The first-order valence-electron chi connectivity index (χ1n) is 2.89. The Morgan fingerprint density at radius 2 is 2.33 bits per heavy atom. The van der Waals surface area contributed by atoms with Gasteiger partial charge in [0.1, 0.15) is 0 Å². The van der Waals surface area contributed by atoms with Crippen molar-refractivity contribution < 1.29 is 9.53 Å². The topological polar surface area (TPSA) is 38.3 Å². The maximum atomic E-state index is 10.5. The summed E-state index contributed by atoms with van der Waals surface area (Å²) in [5.41, 5.74) is 0. The normalized spacial score (nSPS) is 9.33. The lowest BCUT2D eigenvalue weighted by Crippen LogP contribution is -2.30. The highest BCUT2D eigenvalue weighted by Crippen LogP contribution is 1.80. The van der Waals surface area contributed by atoms with E-state index in [4.69, 9.17) is 0 Å². The van der Waals surface area contributed by atoms with Crippen molar-refractivity contribution in [3.63, 3.8) is 0 Å². The van der Waals surface area contributed by atoms with Crippen molar-refractivity contribution in [1.82, 2.24) is 5.32 Å². The van der Waals surface area contributed by atoms with E-state index in [9.17, 15) is 4.79 Å². The summed E-state index contributed by atoms with van der Waals surface area (Å²) in [7, 11) is 0. The third-order valence-electron chi connectivity index (χ3n) is 0.640. The Hall–Kier alpha value is -0.730. The first kappa shape index (κ1) is 8.27. The number of hydrogen-bond acceptors (Lipinski definition) is 2. The standard InChI is InChI=1S/C6H12NO2/c1-4-9-6(8)7-5(2)3/h5H,1,4H2,2-3H3,(H,7,8). The number of carbonyl (C=O) groups is 1. The molecule has 0 saturated heterocycles. The molecule has 0 atom stereocenters. The lowest BCUT2D eigenvalue weighted by atomic mass is 10.4. The third-order valence-corrected chi connectivity index (χ3v) is 0.640. The number of alkyl carbamates (subject to hydrolysis) is 1. The molecule has 0 aliphatic rings. The maximum absolute atomic E-state index is 10.5. The summed E-state index contributed by atoms with van der Waals surface area (Å²) >= 11 is 0. The minimum atomic E-state index is -0.403. The molecule has 9 heavy (non-hydrogen) atoms. The Balaban J connectivity index is 3.27. The number of nitrogens with one attached hydrogen (secondary N) is 1. The highest BCUT2D eigenvalue weighted by Gasteiger charge is 1.99. The zero-order valence-corrected chi connectivity index (χ0v) is 5.81. The minimum absolute atomic E-state index is 0.129. The average molecular weight is 130 g/mol. The van der Waals surface area contributed by atoms with E-state index in [1.54, 1.807) is 0 Å². The molecule has 0 spiro atoms. The minimum Gasteiger partial charge on any atom is -0.450 e. The highest BCUT2D eigenvalue weighted by atomic mass is 16.5. The van der Waals surface area contributed by atoms with Crippen LogP contribution >= 0.6 is 0 Å². The molecule has 0 heterocycles. The Morgan fingerprint density at radius 1 is 1.78 bits per heavy atom. The Kier molecular flexibility index (Phi) is 3.84. The van der Waals surface area contributed by atoms with E-state index in [1.807, 2.05) is 13.8 Å². The summed E-state index contributed by atoms with van der Waals surface area (Å²) in [5.74, 6) is 0. The summed E-state index contributed by atoms with van der Waals surface area (Å²) in [6.45, 7) is 7.26. The first-order valence-corrected chi connectivity index (χ1v) is 2.89. The van der Waals surface area contributed by atoms with Crippen LogP contribution in [0.4, 0.5) is 4.79 Å². The molecule has 0 aliphatic carbocycles. The Labute approximate surface area is 55.4 Å². The second-order valence-electron chi connectivity index (χ2n) is 1.93. The Bertz CT molecular complexity index is 91.1. The fourth-order valence-corrected chi connectivity index (χ4v) is 0.370. The van der Waals surface area contributed by atoms with Crippen LogP contribution in [-0.2, 0) is 4.74 Å². The van der Waals surface area contributed by atoms with Gasteiger partial charge in [-0.15, -0.1) is 0 Å². The molecule has 0 saturated carbocycles. The van der Waals surface area contributed by atoms with Gasteiger partial charge >= 0.3 is 6.09 Å². The predicted molar refractivity (Wildman–Crippen MR) is 35.0 cm³/mol. The van der Waals surface area contributed by atoms with Crippen molar-refractivity contribution in [2.24, 2.45) is 0 Å². The second kappa shape index (κ2) is 4.18. The van der Waals surface area contributed by atoms with E-state index in [0.717, 1.165) is 0 Å². The number of rotatable bonds is 2. The molecular formula is C6H12NO2. The van der Waals surface area contributed by atoms with Crippen LogP contribution in [0, 0.1) is 6.92 Å². The van der Waals surface area contributed by atoms with Crippen LogP contribution in [0.5, 0.6) is 0 Å². The monoisotopic (exact) mass is 130 g/mol. The van der Waals surface area contributed by atoms with E-state index >= 15 is 0 Å². The second-order valence-corrected chi connectivity index (χ2v) is 1.93. The van der Waals surface area contributed by atoms with Crippen molar-refractivity contribution in [1.29, 1.82) is 0 Å². The quantitative estimate of drug-likeness (QED) is 0.604. The molecule has 0 bridgehead atoms. The molecular weight excluding hydrogens is 118 g/mol. The van der Waals surface area contributed by atoms with E-state index in [-0.39, 0.29) is 12.6 Å². The summed E-state index contributed by atoms with van der Waals surface area (Å²) in [6.07, 6.45) is -0.403. The third kappa shape index (κ3) is 5.14. The van der Waals surface area contributed by atoms with Gasteiger partial charge in [0, 0.05) is 6.04 Å². The SMILES string of the molecule is [CH2]COC(=O)NC(C)C. The Morgan fingerprint density at radius 3 is 2.67 bits per heavy atom. The van der Waals surface area contributed by atoms with Crippen LogP contribution in [0.25, 0.3) is 0 Å². The van der Waals surface area contributed by atoms with Crippen LogP contribution in [0.1, 0.15) is 13.8 Å². The highest BCUT2D eigenvalue weighted by molar-refractivity contribution is 5.67. The van der Waals surface area contributed by atoms with Gasteiger partial charge in [0.05, 0.1) is 6.61 Å². The molecule has 3 heteroatoms. The van der Waals surface area contributed by atoms with Gasteiger partial charge in [-0.3, -0.25) is 0 Å². The van der Waals surface area contributed by atoms with Gasteiger partial charge < -0.3 is 10.1 Å². The van der Waals surface area contributed by atoms with Crippen LogP contribution in [-0.4, -0.2) is 18.7 Å². The van der Waals surface area contributed by atoms with E-state index in [2.05, 4.69) is 17.0 Å². The molecule has 0 fully saturated rings. The van der Waals surface area contributed by atoms with Crippen molar-refractivity contribution in [3.05, 3.63) is 6.92 Å². The molecule has 0 aromatic rings. The average Bonchev–Trinajstić information content (AvgIpc) is 1.63. The van der Waals surface area contributed by atoms with E-state index in [1.165, 1.54) is 0 Å². The van der Waals surface area contributed by atoms with E-state index in [0.29, 0.717) is 0 Å².